The summed E-state index contributed by atoms with van der Waals surface area (Å²) in [6, 6.07) is 3.81. The van der Waals surface area contributed by atoms with Crippen LogP contribution >= 0.6 is 11.8 Å². The second-order valence-corrected chi connectivity index (χ2v) is 4.79. The Morgan fingerprint density at radius 3 is 2.25 bits per heavy atom. The van der Waals surface area contributed by atoms with Gasteiger partial charge in [-0.3, -0.25) is 0 Å². The molecule has 0 unspecified atom stereocenters. The average molecular weight is 240 g/mol. The van der Waals surface area contributed by atoms with E-state index in [0.717, 1.165) is 34.8 Å². The minimum Gasteiger partial charge on any atom is -0.496 e. The fraction of sp³-hybridized carbons (Fsp3) is 0.500. The van der Waals surface area contributed by atoms with Crippen molar-refractivity contribution in [1.82, 2.24) is 0 Å². The predicted octanol–water partition coefficient (Wildman–Crippen LogP) is 2.41. The molecule has 0 radical (unpaired) electrons. The van der Waals surface area contributed by atoms with Crippen LogP contribution in [0.4, 0.5) is 0 Å². The number of ether oxygens (including phenoxy) is 2. The Morgan fingerprint density at radius 1 is 1.19 bits per heavy atom. The zero-order chi connectivity index (χ0) is 11.8. The van der Waals surface area contributed by atoms with Crippen molar-refractivity contribution < 1.29 is 14.6 Å². The van der Waals surface area contributed by atoms with Crippen molar-refractivity contribution in [2.45, 2.75) is 23.3 Å². The van der Waals surface area contributed by atoms with E-state index >= 15 is 0 Å². The summed E-state index contributed by atoms with van der Waals surface area (Å²) in [4.78, 5) is 1.02. The zero-order valence-electron chi connectivity index (χ0n) is 9.74. The maximum absolute atomic E-state index is 10.2. The first-order valence-electron chi connectivity index (χ1n) is 5.17. The number of hydrogen-bond acceptors (Lipinski definition) is 4. The van der Waals surface area contributed by atoms with Gasteiger partial charge in [0.05, 0.1) is 24.7 Å². The monoisotopic (exact) mass is 240 g/mol. The third kappa shape index (κ3) is 1.87. The van der Waals surface area contributed by atoms with E-state index in [0.29, 0.717) is 0 Å². The Kier molecular flexibility index (Phi) is 3.04. The molecule has 1 aromatic rings. The molecule has 0 aromatic heterocycles. The highest BCUT2D eigenvalue weighted by molar-refractivity contribution is 7.98. The fourth-order valence-electron chi connectivity index (χ4n) is 1.78. The third-order valence-electron chi connectivity index (χ3n) is 2.93. The lowest BCUT2D eigenvalue weighted by Gasteiger charge is -2.17. The van der Waals surface area contributed by atoms with Gasteiger partial charge in [-0.2, -0.15) is 0 Å². The van der Waals surface area contributed by atoms with Gasteiger partial charge in [-0.05, 0) is 31.2 Å². The minimum atomic E-state index is -0.699. The summed E-state index contributed by atoms with van der Waals surface area (Å²) >= 11 is 1.60. The van der Waals surface area contributed by atoms with E-state index in [1.165, 1.54) is 0 Å². The first kappa shape index (κ1) is 11.6. The lowest BCUT2D eigenvalue weighted by molar-refractivity contribution is 0.147. The van der Waals surface area contributed by atoms with Crippen LogP contribution in [0.5, 0.6) is 11.5 Å². The number of methoxy groups -OCH3 is 2. The van der Waals surface area contributed by atoms with Crippen molar-refractivity contribution in [3.63, 3.8) is 0 Å². The SMILES string of the molecule is COc1cc(C2(O)CC2)c(OC)cc1SC. The molecule has 0 heterocycles. The van der Waals surface area contributed by atoms with Crippen LogP contribution in [0.2, 0.25) is 0 Å². The van der Waals surface area contributed by atoms with E-state index in [4.69, 9.17) is 9.47 Å². The van der Waals surface area contributed by atoms with Crippen molar-refractivity contribution in [2.75, 3.05) is 20.5 Å². The average Bonchev–Trinajstić information content (AvgIpc) is 3.06. The zero-order valence-corrected chi connectivity index (χ0v) is 10.6. The molecule has 4 heteroatoms. The quantitative estimate of drug-likeness (QED) is 0.820. The smallest absolute Gasteiger partial charge is 0.133 e. The van der Waals surface area contributed by atoms with E-state index in [-0.39, 0.29) is 0 Å². The summed E-state index contributed by atoms with van der Waals surface area (Å²) in [5.41, 5.74) is 0.139. The molecule has 0 amide bonds. The first-order chi connectivity index (χ1) is 7.64. The number of aliphatic hydroxyl groups is 1. The van der Waals surface area contributed by atoms with Crippen LogP contribution < -0.4 is 9.47 Å². The van der Waals surface area contributed by atoms with E-state index in [1.807, 2.05) is 18.4 Å². The summed E-state index contributed by atoms with van der Waals surface area (Å²) in [5.74, 6) is 1.54. The van der Waals surface area contributed by atoms with E-state index < -0.39 is 5.60 Å². The van der Waals surface area contributed by atoms with Crippen molar-refractivity contribution in [3.05, 3.63) is 17.7 Å². The molecule has 16 heavy (non-hydrogen) atoms. The van der Waals surface area contributed by atoms with Crippen LogP contribution in [0, 0.1) is 0 Å². The summed E-state index contributed by atoms with van der Waals surface area (Å²) in [6.45, 7) is 0. The number of thioether (sulfide) groups is 1. The molecule has 1 aliphatic rings. The Bertz CT molecular complexity index is 399. The molecule has 1 aliphatic carbocycles. The van der Waals surface area contributed by atoms with Crippen LogP contribution in [0.15, 0.2) is 17.0 Å². The summed E-state index contributed by atoms with van der Waals surface area (Å²) < 4.78 is 10.6. The van der Waals surface area contributed by atoms with E-state index in [9.17, 15) is 5.11 Å². The topological polar surface area (TPSA) is 38.7 Å². The van der Waals surface area contributed by atoms with Crippen LogP contribution in [0.25, 0.3) is 0 Å². The minimum absolute atomic E-state index is 0.699. The second-order valence-electron chi connectivity index (χ2n) is 3.94. The summed E-state index contributed by atoms with van der Waals surface area (Å²) in [6.07, 6.45) is 3.58. The van der Waals surface area contributed by atoms with E-state index in [1.54, 1.807) is 26.0 Å². The standard InChI is InChI=1S/C12H16O3S/c1-14-9-7-11(16-3)10(15-2)6-8(9)12(13)4-5-12/h6-7,13H,4-5H2,1-3H3. The Labute approximate surface area is 99.8 Å². The molecular formula is C12H16O3S. The Hall–Kier alpha value is -0.870. The van der Waals surface area contributed by atoms with E-state index in [2.05, 4.69) is 0 Å². The van der Waals surface area contributed by atoms with Crippen LogP contribution in [0.1, 0.15) is 18.4 Å². The maximum atomic E-state index is 10.2. The molecule has 0 atom stereocenters. The highest BCUT2D eigenvalue weighted by Gasteiger charge is 2.44. The summed E-state index contributed by atoms with van der Waals surface area (Å²) in [7, 11) is 3.27. The van der Waals surface area contributed by atoms with Gasteiger partial charge in [-0.1, -0.05) is 0 Å². The van der Waals surface area contributed by atoms with Crippen molar-refractivity contribution >= 4 is 11.8 Å². The molecule has 88 valence electrons. The van der Waals surface area contributed by atoms with Gasteiger partial charge in [0.15, 0.2) is 0 Å². The van der Waals surface area contributed by atoms with Crippen molar-refractivity contribution in [1.29, 1.82) is 0 Å². The van der Waals surface area contributed by atoms with Gasteiger partial charge in [0.25, 0.3) is 0 Å². The van der Waals surface area contributed by atoms with Crippen molar-refractivity contribution in [2.24, 2.45) is 0 Å². The van der Waals surface area contributed by atoms with Crippen LogP contribution in [0.3, 0.4) is 0 Å². The van der Waals surface area contributed by atoms with Gasteiger partial charge < -0.3 is 14.6 Å². The molecule has 1 fully saturated rings. The maximum Gasteiger partial charge on any atom is 0.133 e. The molecule has 0 aliphatic heterocycles. The highest BCUT2D eigenvalue weighted by atomic mass is 32.2. The van der Waals surface area contributed by atoms with Gasteiger partial charge >= 0.3 is 0 Å². The van der Waals surface area contributed by atoms with Crippen molar-refractivity contribution in [3.8, 4) is 11.5 Å². The van der Waals surface area contributed by atoms with Crippen LogP contribution in [-0.4, -0.2) is 25.6 Å². The molecule has 0 saturated heterocycles. The van der Waals surface area contributed by atoms with Gasteiger partial charge in [-0.15, -0.1) is 11.8 Å². The number of hydrogen-bond donors (Lipinski definition) is 1. The second kappa shape index (κ2) is 4.18. The fourth-order valence-corrected chi connectivity index (χ4v) is 2.35. The lowest BCUT2D eigenvalue weighted by Crippen LogP contribution is -2.07. The van der Waals surface area contributed by atoms with Gasteiger partial charge in [0, 0.05) is 5.56 Å². The molecule has 1 N–H and O–H groups in total. The Balaban J connectivity index is 2.51. The molecule has 0 bridgehead atoms. The lowest BCUT2D eigenvalue weighted by atomic mass is 10.1. The number of benzene rings is 1. The van der Waals surface area contributed by atoms with Gasteiger partial charge in [0.1, 0.15) is 11.5 Å². The molecule has 0 spiro atoms. The molecule has 1 saturated carbocycles. The molecule has 1 aromatic carbocycles. The van der Waals surface area contributed by atoms with Crippen LogP contribution in [-0.2, 0) is 5.60 Å². The van der Waals surface area contributed by atoms with Gasteiger partial charge in [-0.25, -0.2) is 0 Å². The largest absolute Gasteiger partial charge is 0.496 e. The highest BCUT2D eigenvalue weighted by Crippen LogP contribution is 2.51. The normalized spacial score (nSPS) is 17.0. The summed E-state index contributed by atoms with van der Waals surface area (Å²) in [5, 5.41) is 10.2. The first-order valence-corrected chi connectivity index (χ1v) is 6.40. The third-order valence-corrected chi connectivity index (χ3v) is 3.69. The number of rotatable bonds is 4. The molecule has 2 rings (SSSR count). The van der Waals surface area contributed by atoms with Gasteiger partial charge in [0.2, 0.25) is 0 Å². The predicted molar refractivity (Wildman–Crippen MR) is 64.5 cm³/mol. The molecular weight excluding hydrogens is 224 g/mol. The Morgan fingerprint density at radius 2 is 1.81 bits per heavy atom. The molecule has 3 nitrogen and oxygen atoms in total.